The summed E-state index contributed by atoms with van der Waals surface area (Å²) >= 11 is 5.87. The number of ether oxygens (including phenoxy) is 1. The number of likely N-dealkylation sites (N-methyl/N-ethyl adjacent to an activating group) is 1. The summed E-state index contributed by atoms with van der Waals surface area (Å²) in [7, 11) is 1.71. The van der Waals surface area contributed by atoms with Crippen molar-refractivity contribution in [3.05, 3.63) is 23.2 Å². The molecule has 1 aromatic rings. The standard InChI is InChI=1S/C11H13ClN2O2/c1-14-8-6-7(12)2-3-9(8)16-10(4-5-13)11(14)15/h2-3,6,10H,4-5,13H2,1H3. The van der Waals surface area contributed by atoms with E-state index in [4.69, 9.17) is 22.1 Å². The highest BCUT2D eigenvalue weighted by Gasteiger charge is 2.31. The lowest BCUT2D eigenvalue weighted by atomic mass is 10.1. The molecule has 1 amide bonds. The van der Waals surface area contributed by atoms with Gasteiger partial charge in [0.2, 0.25) is 0 Å². The van der Waals surface area contributed by atoms with Gasteiger partial charge in [-0.15, -0.1) is 0 Å². The van der Waals surface area contributed by atoms with Crippen LogP contribution in [0.3, 0.4) is 0 Å². The fourth-order valence-electron chi connectivity index (χ4n) is 1.72. The van der Waals surface area contributed by atoms with Gasteiger partial charge in [-0.3, -0.25) is 4.79 Å². The van der Waals surface area contributed by atoms with Crippen LogP contribution in [0.4, 0.5) is 5.69 Å². The minimum absolute atomic E-state index is 0.0831. The Morgan fingerprint density at radius 2 is 2.31 bits per heavy atom. The maximum absolute atomic E-state index is 11.9. The number of halogens is 1. The normalized spacial score (nSPS) is 19.3. The van der Waals surface area contributed by atoms with Crippen molar-refractivity contribution < 1.29 is 9.53 Å². The molecule has 1 aromatic carbocycles. The molecule has 16 heavy (non-hydrogen) atoms. The predicted molar refractivity (Wildman–Crippen MR) is 62.9 cm³/mol. The topological polar surface area (TPSA) is 55.6 Å². The van der Waals surface area contributed by atoms with E-state index >= 15 is 0 Å². The van der Waals surface area contributed by atoms with Gasteiger partial charge in [0, 0.05) is 18.5 Å². The van der Waals surface area contributed by atoms with Gasteiger partial charge in [-0.25, -0.2) is 0 Å². The summed E-state index contributed by atoms with van der Waals surface area (Å²) in [6.07, 6.45) is 0.0364. The van der Waals surface area contributed by atoms with Crippen LogP contribution in [-0.2, 0) is 4.79 Å². The fraction of sp³-hybridized carbons (Fsp3) is 0.364. The Morgan fingerprint density at radius 1 is 1.56 bits per heavy atom. The zero-order chi connectivity index (χ0) is 11.7. The maximum atomic E-state index is 11.9. The van der Waals surface area contributed by atoms with Crippen molar-refractivity contribution in [1.82, 2.24) is 0 Å². The smallest absolute Gasteiger partial charge is 0.267 e. The third-order valence-corrected chi connectivity index (χ3v) is 2.82. The fourth-order valence-corrected chi connectivity index (χ4v) is 1.89. The summed E-state index contributed by atoms with van der Waals surface area (Å²) in [6.45, 7) is 0.424. The first-order valence-electron chi connectivity index (χ1n) is 5.07. The van der Waals surface area contributed by atoms with E-state index in [2.05, 4.69) is 0 Å². The molecule has 0 aliphatic carbocycles. The van der Waals surface area contributed by atoms with E-state index in [-0.39, 0.29) is 5.91 Å². The van der Waals surface area contributed by atoms with Crippen molar-refractivity contribution in [2.45, 2.75) is 12.5 Å². The van der Waals surface area contributed by atoms with E-state index in [0.29, 0.717) is 29.4 Å². The number of hydrogen-bond donors (Lipinski definition) is 1. The van der Waals surface area contributed by atoms with Crippen LogP contribution >= 0.6 is 11.6 Å². The van der Waals surface area contributed by atoms with Gasteiger partial charge in [-0.1, -0.05) is 11.6 Å². The number of benzene rings is 1. The molecule has 0 bridgehead atoms. The maximum Gasteiger partial charge on any atom is 0.267 e. The van der Waals surface area contributed by atoms with Crippen LogP contribution in [0.1, 0.15) is 6.42 Å². The van der Waals surface area contributed by atoms with Crippen molar-refractivity contribution in [2.24, 2.45) is 5.73 Å². The Bertz CT molecular complexity index is 422. The van der Waals surface area contributed by atoms with Crippen LogP contribution in [0.5, 0.6) is 5.75 Å². The molecule has 4 nitrogen and oxygen atoms in total. The Hall–Kier alpha value is -1.26. The average Bonchev–Trinajstić information content (AvgIpc) is 2.27. The van der Waals surface area contributed by atoms with E-state index < -0.39 is 6.10 Å². The van der Waals surface area contributed by atoms with Crippen molar-refractivity contribution >= 4 is 23.2 Å². The third kappa shape index (κ3) is 1.86. The Kier molecular flexibility index (Phi) is 3.03. The second kappa shape index (κ2) is 4.31. The lowest BCUT2D eigenvalue weighted by Gasteiger charge is -2.31. The van der Waals surface area contributed by atoms with Crippen LogP contribution in [0, 0.1) is 0 Å². The molecule has 0 radical (unpaired) electrons. The van der Waals surface area contributed by atoms with Crippen LogP contribution in [-0.4, -0.2) is 25.6 Å². The number of amides is 1. The zero-order valence-electron chi connectivity index (χ0n) is 8.94. The quantitative estimate of drug-likeness (QED) is 0.851. The summed E-state index contributed by atoms with van der Waals surface area (Å²) in [4.78, 5) is 13.5. The summed E-state index contributed by atoms with van der Waals surface area (Å²) < 4.78 is 5.58. The van der Waals surface area contributed by atoms with Gasteiger partial charge in [0.25, 0.3) is 5.91 Å². The minimum atomic E-state index is -0.483. The Balaban J connectivity index is 2.36. The number of hydrogen-bond acceptors (Lipinski definition) is 3. The molecular weight excluding hydrogens is 228 g/mol. The summed E-state index contributed by atoms with van der Waals surface area (Å²) in [5.74, 6) is 0.588. The number of fused-ring (bicyclic) bond motifs is 1. The molecule has 0 aromatic heterocycles. The van der Waals surface area contributed by atoms with Gasteiger partial charge < -0.3 is 15.4 Å². The van der Waals surface area contributed by atoms with Gasteiger partial charge in [0.15, 0.2) is 6.10 Å². The van der Waals surface area contributed by atoms with E-state index in [1.165, 1.54) is 0 Å². The number of anilines is 1. The highest BCUT2D eigenvalue weighted by molar-refractivity contribution is 6.31. The summed E-state index contributed by atoms with van der Waals surface area (Å²) in [6, 6.07) is 5.22. The first kappa shape index (κ1) is 11.2. The number of nitrogens with zero attached hydrogens (tertiary/aromatic N) is 1. The Labute approximate surface area is 98.9 Å². The zero-order valence-corrected chi connectivity index (χ0v) is 9.70. The lowest BCUT2D eigenvalue weighted by Crippen LogP contribution is -2.44. The predicted octanol–water partition coefficient (Wildman–Crippen LogP) is 1.41. The van der Waals surface area contributed by atoms with E-state index in [1.807, 2.05) is 0 Å². The second-order valence-electron chi connectivity index (χ2n) is 3.69. The molecule has 0 fully saturated rings. The van der Waals surface area contributed by atoms with Crippen molar-refractivity contribution in [3.63, 3.8) is 0 Å². The molecule has 0 saturated carbocycles. The number of rotatable bonds is 2. The molecule has 0 spiro atoms. The minimum Gasteiger partial charge on any atom is -0.478 e. The first-order chi connectivity index (χ1) is 7.63. The third-order valence-electron chi connectivity index (χ3n) is 2.59. The SMILES string of the molecule is CN1C(=O)C(CCN)Oc2ccc(Cl)cc21. The number of nitrogens with two attached hydrogens (primary N) is 1. The first-order valence-corrected chi connectivity index (χ1v) is 5.45. The van der Waals surface area contributed by atoms with Crippen molar-refractivity contribution in [3.8, 4) is 5.75 Å². The summed E-state index contributed by atoms with van der Waals surface area (Å²) in [5, 5.41) is 0.583. The molecule has 1 aliphatic rings. The average molecular weight is 241 g/mol. The lowest BCUT2D eigenvalue weighted by molar-refractivity contribution is -0.126. The summed E-state index contributed by atoms with van der Waals surface area (Å²) in [5.41, 5.74) is 6.14. The molecule has 2 N–H and O–H groups in total. The second-order valence-corrected chi connectivity index (χ2v) is 4.13. The van der Waals surface area contributed by atoms with Gasteiger partial charge >= 0.3 is 0 Å². The molecule has 1 aliphatic heterocycles. The van der Waals surface area contributed by atoms with Crippen LogP contribution in [0.2, 0.25) is 5.02 Å². The number of carbonyl (C=O) groups is 1. The van der Waals surface area contributed by atoms with Gasteiger partial charge in [-0.2, -0.15) is 0 Å². The largest absolute Gasteiger partial charge is 0.478 e. The van der Waals surface area contributed by atoms with Crippen molar-refractivity contribution in [1.29, 1.82) is 0 Å². The van der Waals surface area contributed by atoms with E-state index in [1.54, 1.807) is 30.1 Å². The molecule has 2 rings (SSSR count). The highest BCUT2D eigenvalue weighted by atomic mass is 35.5. The molecule has 1 heterocycles. The van der Waals surface area contributed by atoms with E-state index in [0.717, 1.165) is 0 Å². The molecular formula is C11H13ClN2O2. The van der Waals surface area contributed by atoms with E-state index in [9.17, 15) is 4.79 Å². The molecule has 5 heteroatoms. The van der Waals surface area contributed by atoms with Crippen LogP contribution in [0.25, 0.3) is 0 Å². The van der Waals surface area contributed by atoms with Crippen LogP contribution in [0.15, 0.2) is 18.2 Å². The van der Waals surface area contributed by atoms with Gasteiger partial charge in [0.05, 0.1) is 5.69 Å². The van der Waals surface area contributed by atoms with Crippen molar-refractivity contribution in [2.75, 3.05) is 18.5 Å². The number of carbonyl (C=O) groups excluding carboxylic acids is 1. The Morgan fingerprint density at radius 3 is 3.00 bits per heavy atom. The molecule has 86 valence electrons. The van der Waals surface area contributed by atoms with Gasteiger partial charge in [-0.05, 0) is 24.7 Å². The van der Waals surface area contributed by atoms with Gasteiger partial charge in [0.1, 0.15) is 5.75 Å². The molecule has 1 atom stereocenters. The molecule has 1 unspecified atom stereocenters. The monoisotopic (exact) mass is 240 g/mol. The van der Waals surface area contributed by atoms with Crippen LogP contribution < -0.4 is 15.4 Å². The molecule has 0 saturated heterocycles. The highest BCUT2D eigenvalue weighted by Crippen LogP contribution is 2.35.